The molecular formula is C30H43ClFN3O2. The third-order valence-electron chi connectivity index (χ3n) is 8.32. The van der Waals surface area contributed by atoms with Gasteiger partial charge < -0.3 is 15.2 Å². The zero-order valence-corrected chi connectivity index (χ0v) is 24.2. The number of carbonyl (C=O) groups is 1. The summed E-state index contributed by atoms with van der Waals surface area (Å²) in [5.41, 5.74) is 2.25. The molecule has 0 radical (unpaired) electrons. The van der Waals surface area contributed by atoms with Gasteiger partial charge in [-0.2, -0.15) is 0 Å². The number of amides is 1. The number of carbonyl (C=O) groups excluding carboxylic acids is 1. The number of unbranched alkanes of at least 4 members (excludes halogenated alkanes) is 1. The van der Waals surface area contributed by atoms with Crippen molar-refractivity contribution in [3.63, 3.8) is 0 Å². The summed E-state index contributed by atoms with van der Waals surface area (Å²) < 4.78 is 14.4. The zero-order chi connectivity index (χ0) is 27.5. The molecule has 0 saturated heterocycles. The summed E-state index contributed by atoms with van der Waals surface area (Å²) in [6.45, 7) is 9.42. The molecule has 7 heteroatoms. The van der Waals surface area contributed by atoms with Crippen LogP contribution in [0.4, 0.5) is 4.39 Å². The zero-order valence-electron chi connectivity index (χ0n) is 23.4. The van der Waals surface area contributed by atoms with Gasteiger partial charge in [-0.05, 0) is 88.8 Å². The van der Waals surface area contributed by atoms with Crippen LogP contribution in [0.2, 0.25) is 0 Å². The number of nitrogens with one attached hydrogen (secondary N) is 2. The quantitative estimate of drug-likeness (QED) is 0.414. The molecule has 1 amide bonds. The fraction of sp³-hybridized carbons (Fsp3) is 0.600. The number of halogens is 2. The molecule has 0 aliphatic heterocycles. The van der Waals surface area contributed by atoms with E-state index < -0.39 is 17.2 Å². The number of allylic oxidation sites excluding steroid dienone is 5. The van der Waals surface area contributed by atoms with Gasteiger partial charge in [0.15, 0.2) is 0 Å². The topological polar surface area (TPSA) is 65.2 Å². The van der Waals surface area contributed by atoms with Gasteiger partial charge in [0.1, 0.15) is 5.82 Å². The second-order valence-corrected chi connectivity index (χ2v) is 11.9. The largest absolute Gasteiger partial charge is 0.351 e. The number of hydrogen-bond acceptors (Lipinski definition) is 3. The molecule has 5 nitrogen and oxygen atoms in total. The third-order valence-corrected chi connectivity index (χ3v) is 8.55. The van der Waals surface area contributed by atoms with Gasteiger partial charge in [0, 0.05) is 28.6 Å². The van der Waals surface area contributed by atoms with Crippen molar-refractivity contribution in [1.82, 2.24) is 15.2 Å². The van der Waals surface area contributed by atoms with E-state index in [2.05, 4.69) is 56.1 Å². The summed E-state index contributed by atoms with van der Waals surface area (Å²) >= 11 is 6.63. The van der Waals surface area contributed by atoms with Gasteiger partial charge in [-0.1, -0.05) is 50.9 Å². The Balaban J connectivity index is 1.86. The van der Waals surface area contributed by atoms with Crippen molar-refractivity contribution in [1.29, 1.82) is 0 Å². The van der Waals surface area contributed by atoms with E-state index in [1.807, 2.05) is 6.08 Å². The van der Waals surface area contributed by atoms with Gasteiger partial charge in [-0.25, -0.2) is 4.39 Å². The standard InChI is InChI=1S/C30H43ClFN3O2/c1-8-9-10-23(20-11-13-22(14-12-20)35(6)7)25-15-21(31)16-26(30(25,4)5)29(37)33-17-24-18(2)27(32)19(3)34-28(24)36/h10,15-16,20,22,26H,8-9,11-14,17H2,1-7H3,(H,33,37)(H,34,36)/b23-10-/t20-,22-,26?. The van der Waals surface area contributed by atoms with E-state index in [-0.39, 0.29) is 34.8 Å². The fourth-order valence-corrected chi connectivity index (χ4v) is 6.08. The molecule has 1 heterocycles. The number of hydrogen-bond donors (Lipinski definition) is 2. The number of rotatable bonds is 8. The maximum absolute atomic E-state index is 14.4. The highest BCUT2D eigenvalue weighted by atomic mass is 35.5. The minimum atomic E-state index is -0.516. The summed E-state index contributed by atoms with van der Waals surface area (Å²) in [6.07, 6.45) is 12.8. The lowest BCUT2D eigenvalue weighted by Crippen LogP contribution is -2.42. The molecule has 1 saturated carbocycles. The predicted octanol–water partition coefficient (Wildman–Crippen LogP) is 6.30. The van der Waals surface area contributed by atoms with Crippen molar-refractivity contribution >= 4 is 17.5 Å². The van der Waals surface area contributed by atoms with Gasteiger partial charge in [0.25, 0.3) is 5.56 Å². The Hall–Kier alpha value is -2.18. The van der Waals surface area contributed by atoms with E-state index in [1.165, 1.54) is 12.5 Å². The second-order valence-electron chi connectivity index (χ2n) is 11.4. The number of nitrogens with zero attached hydrogens (tertiary/aromatic N) is 1. The molecular weight excluding hydrogens is 489 g/mol. The number of aryl methyl sites for hydroxylation is 1. The molecule has 2 N–H and O–H groups in total. The molecule has 1 unspecified atom stereocenters. The molecule has 204 valence electrons. The van der Waals surface area contributed by atoms with Gasteiger partial charge in [0.2, 0.25) is 5.91 Å². The predicted molar refractivity (Wildman–Crippen MR) is 150 cm³/mol. The number of pyridine rings is 1. The van der Waals surface area contributed by atoms with Crippen LogP contribution >= 0.6 is 11.6 Å². The first-order valence-corrected chi connectivity index (χ1v) is 13.9. The van der Waals surface area contributed by atoms with E-state index in [0.29, 0.717) is 17.0 Å². The Morgan fingerprint density at radius 2 is 1.89 bits per heavy atom. The van der Waals surface area contributed by atoms with Crippen LogP contribution in [-0.4, -0.2) is 35.9 Å². The minimum Gasteiger partial charge on any atom is -0.351 e. The molecule has 2 aliphatic carbocycles. The van der Waals surface area contributed by atoms with Crippen molar-refractivity contribution < 1.29 is 9.18 Å². The first-order valence-electron chi connectivity index (χ1n) is 13.5. The summed E-state index contributed by atoms with van der Waals surface area (Å²) in [6, 6.07) is 0.609. The maximum Gasteiger partial charge on any atom is 0.253 e. The molecule has 0 aromatic carbocycles. The van der Waals surface area contributed by atoms with Crippen LogP contribution in [0.15, 0.2) is 39.2 Å². The van der Waals surface area contributed by atoms with Crippen LogP contribution in [0.1, 0.15) is 76.1 Å². The Labute approximate surface area is 226 Å². The van der Waals surface area contributed by atoms with Crippen molar-refractivity contribution in [3.05, 3.63) is 67.4 Å². The first-order chi connectivity index (χ1) is 17.4. The van der Waals surface area contributed by atoms with Crippen LogP contribution in [0.25, 0.3) is 0 Å². The first kappa shape index (κ1) is 29.4. The second kappa shape index (κ2) is 12.1. The van der Waals surface area contributed by atoms with Crippen molar-refractivity contribution in [2.24, 2.45) is 17.3 Å². The highest BCUT2D eigenvalue weighted by Crippen LogP contribution is 2.48. The summed E-state index contributed by atoms with van der Waals surface area (Å²) in [5, 5.41) is 3.44. The molecule has 1 aromatic heterocycles. The van der Waals surface area contributed by atoms with Crippen LogP contribution < -0.4 is 10.9 Å². The number of aromatic amines is 1. The normalized spacial score (nSPS) is 24.1. The maximum atomic E-state index is 14.4. The number of H-pyrrole nitrogens is 1. The minimum absolute atomic E-state index is 0.0403. The van der Waals surface area contributed by atoms with Gasteiger partial charge in [-0.15, -0.1) is 0 Å². The van der Waals surface area contributed by atoms with Crippen molar-refractivity contribution in [3.8, 4) is 0 Å². The highest BCUT2D eigenvalue weighted by molar-refractivity contribution is 6.31. The smallest absolute Gasteiger partial charge is 0.253 e. The van der Waals surface area contributed by atoms with Crippen LogP contribution in [0, 0.1) is 36.9 Å². The molecule has 37 heavy (non-hydrogen) atoms. The van der Waals surface area contributed by atoms with E-state index in [4.69, 9.17) is 11.6 Å². The summed E-state index contributed by atoms with van der Waals surface area (Å²) in [5.74, 6) is -0.751. The average Bonchev–Trinajstić information content (AvgIpc) is 2.84. The van der Waals surface area contributed by atoms with E-state index in [0.717, 1.165) is 44.1 Å². The van der Waals surface area contributed by atoms with E-state index >= 15 is 0 Å². The van der Waals surface area contributed by atoms with Gasteiger partial charge >= 0.3 is 0 Å². The lowest BCUT2D eigenvalue weighted by Gasteiger charge is -2.42. The highest BCUT2D eigenvalue weighted by Gasteiger charge is 2.42. The molecule has 1 fully saturated rings. The van der Waals surface area contributed by atoms with Gasteiger partial charge in [-0.3, -0.25) is 9.59 Å². The van der Waals surface area contributed by atoms with E-state index in [1.54, 1.807) is 13.0 Å². The van der Waals surface area contributed by atoms with Crippen molar-refractivity contribution in [2.75, 3.05) is 14.1 Å². The molecule has 0 bridgehead atoms. The fourth-order valence-electron chi connectivity index (χ4n) is 5.85. The summed E-state index contributed by atoms with van der Waals surface area (Å²) in [4.78, 5) is 30.8. The van der Waals surface area contributed by atoms with Crippen LogP contribution in [0.3, 0.4) is 0 Å². The van der Waals surface area contributed by atoms with Crippen LogP contribution in [-0.2, 0) is 11.3 Å². The lowest BCUT2D eigenvalue weighted by molar-refractivity contribution is -0.126. The Bertz CT molecular complexity index is 1150. The van der Waals surface area contributed by atoms with Gasteiger partial charge in [0.05, 0.1) is 11.6 Å². The Kier molecular flexibility index (Phi) is 9.62. The number of aromatic nitrogens is 1. The Morgan fingerprint density at radius 3 is 2.49 bits per heavy atom. The lowest BCUT2D eigenvalue weighted by atomic mass is 9.64. The molecule has 2 aliphatic rings. The Morgan fingerprint density at radius 1 is 1.24 bits per heavy atom. The average molecular weight is 532 g/mol. The van der Waals surface area contributed by atoms with Crippen LogP contribution in [0.5, 0.6) is 0 Å². The molecule has 3 rings (SSSR count). The SMILES string of the molecule is CCC/C=C(\C1=CC(Cl)=CC(C(=O)NCc2c(C)c(F)c(C)[nH]c2=O)C1(C)C)[C@H]1CC[C@H](N(C)C)CC1. The summed E-state index contributed by atoms with van der Waals surface area (Å²) in [7, 11) is 4.30. The third kappa shape index (κ3) is 6.46. The molecule has 1 aromatic rings. The van der Waals surface area contributed by atoms with E-state index in [9.17, 15) is 14.0 Å². The molecule has 1 atom stereocenters. The monoisotopic (exact) mass is 531 g/mol. The van der Waals surface area contributed by atoms with Crippen molar-refractivity contribution in [2.45, 2.75) is 85.7 Å². The molecule has 0 spiro atoms.